The van der Waals surface area contributed by atoms with Crippen LogP contribution in [0.15, 0.2) is 36.4 Å². The van der Waals surface area contributed by atoms with Gasteiger partial charge in [0.15, 0.2) is 0 Å². The highest BCUT2D eigenvalue weighted by Crippen LogP contribution is 2.32. The summed E-state index contributed by atoms with van der Waals surface area (Å²) in [6.07, 6.45) is 8.74. The van der Waals surface area contributed by atoms with Gasteiger partial charge in [0.1, 0.15) is 0 Å². The maximum Gasteiger partial charge on any atom is 0.0393 e. The van der Waals surface area contributed by atoms with Crippen molar-refractivity contribution in [3.05, 3.63) is 57.3 Å². The van der Waals surface area contributed by atoms with Crippen molar-refractivity contribution in [2.24, 2.45) is 5.73 Å². The van der Waals surface area contributed by atoms with Gasteiger partial charge in [0.25, 0.3) is 0 Å². The van der Waals surface area contributed by atoms with E-state index in [2.05, 4.69) is 36.4 Å². The smallest absolute Gasteiger partial charge is 0.0393 e. The van der Waals surface area contributed by atoms with Gasteiger partial charge in [-0.15, -0.1) is 11.3 Å². The molecule has 0 saturated carbocycles. The molecule has 0 amide bonds. The first kappa shape index (κ1) is 13.8. The van der Waals surface area contributed by atoms with Crippen LogP contribution < -0.4 is 5.73 Å². The van der Waals surface area contributed by atoms with E-state index in [-0.39, 0.29) is 6.04 Å². The summed E-state index contributed by atoms with van der Waals surface area (Å²) in [6, 6.07) is 13.3. The van der Waals surface area contributed by atoms with Crippen LogP contribution in [0, 0.1) is 0 Å². The molecule has 2 heteroatoms. The molecular weight excluding hydrogens is 262 g/mol. The van der Waals surface area contributed by atoms with Gasteiger partial charge >= 0.3 is 0 Å². The SMILES string of the molecule is NC(CCc1ccccc1)c1cc2c(s1)CCCCC2. The standard InChI is InChI=1S/C18H23NS/c19-16(12-11-14-7-3-1-4-8-14)18-13-15-9-5-2-6-10-17(15)20-18/h1,3-4,7-8,13,16H,2,5-6,9-12,19H2. The number of thiophene rings is 1. The summed E-state index contributed by atoms with van der Waals surface area (Å²) < 4.78 is 0. The van der Waals surface area contributed by atoms with Crippen LogP contribution in [0.4, 0.5) is 0 Å². The third-order valence-electron chi connectivity index (χ3n) is 4.22. The van der Waals surface area contributed by atoms with E-state index >= 15 is 0 Å². The Morgan fingerprint density at radius 1 is 1.05 bits per heavy atom. The fourth-order valence-corrected chi connectivity index (χ4v) is 4.28. The van der Waals surface area contributed by atoms with Crippen molar-refractivity contribution in [1.29, 1.82) is 0 Å². The van der Waals surface area contributed by atoms with Crippen LogP contribution >= 0.6 is 11.3 Å². The third-order valence-corrected chi connectivity index (χ3v) is 5.59. The lowest BCUT2D eigenvalue weighted by Gasteiger charge is -2.09. The Balaban J connectivity index is 1.64. The minimum Gasteiger partial charge on any atom is -0.323 e. The summed E-state index contributed by atoms with van der Waals surface area (Å²) in [4.78, 5) is 3.00. The highest BCUT2D eigenvalue weighted by molar-refractivity contribution is 7.12. The lowest BCUT2D eigenvalue weighted by Crippen LogP contribution is -2.09. The maximum atomic E-state index is 6.40. The monoisotopic (exact) mass is 285 g/mol. The first-order chi connectivity index (χ1) is 9.83. The number of aryl methyl sites for hydroxylation is 3. The second-order valence-corrected chi connectivity index (χ2v) is 6.96. The van der Waals surface area contributed by atoms with Crippen molar-refractivity contribution in [3.63, 3.8) is 0 Å². The Kier molecular flexibility index (Phi) is 4.54. The predicted molar refractivity (Wildman–Crippen MR) is 87.3 cm³/mol. The molecule has 0 bridgehead atoms. The van der Waals surface area contributed by atoms with Crippen LogP contribution in [0.5, 0.6) is 0 Å². The molecule has 1 aromatic carbocycles. The fourth-order valence-electron chi connectivity index (χ4n) is 2.98. The van der Waals surface area contributed by atoms with Crippen LogP contribution in [0.3, 0.4) is 0 Å². The van der Waals surface area contributed by atoms with Gasteiger partial charge in [0.05, 0.1) is 0 Å². The Hall–Kier alpha value is -1.12. The second kappa shape index (κ2) is 6.55. The van der Waals surface area contributed by atoms with Crippen LogP contribution in [0.25, 0.3) is 0 Å². The summed E-state index contributed by atoms with van der Waals surface area (Å²) in [6.45, 7) is 0. The normalized spacial score (nSPS) is 16.4. The molecule has 2 N–H and O–H groups in total. The van der Waals surface area contributed by atoms with Crippen molar-refractivity contribution in [2.75, 3.05) is 0 Å². The number of hydrogen-bond acceptors (Lipinski definition) is 2. The fraction of sp³-hybridized carbons (Fsp3) is 0.444. The molecule has 1 atom stereocenters. The van der Waals surface area contributed by atoms with Crippen molar-refractivity contribution in [3.8, 4) is 0 Å². The second-order valence-electron chi connectivity index (χ2n) is 5.79. The average Bonchev–Trinajstić information content (AvgIpc) is 2.77. The Labute approximate surface area is 125 Å². The molecule has 1 aliphatic carbocycles. The van der Waals surface area contributed by atoms with E-state index in [1.807, 2.05) is 11.3 Å². The number of rotatable bonds is 4. The van der Waals surface area contributed by atoms with E-state index in [4.69, 9.17) is 5.73 Å². The first-order valence-corrected chi connectivity index (χ1v) is 8.55. The van der Waals surface area contributed by atoms with Crippen LogP contribution in [-0.4, -0.2) is 0 Å². The largest absolute Gasteiger partial charge is 0.323 e. The van der Waals surface area contributed by atoms with E-state index in [0.29, 0.717) is 0 Å². The highest BCUT2D eigenvalue weighted by Gasteiger charge is 2.16. The minimum absolute atomic E-state index is 0.201. The van der Waals surface area contributed by atoms with Crippen LogP contribution in [-0.2, 0) is 19.3 Å². The summed E-state index contributed by atoms with van der Waals surface area (Å²) in [5.74, 6) is 0. The first-order valence-electron chi connectivity index (χ1n) is 7.74. The molecule has 1 nitrogen and oxygen atoms in total. The summed E-state index contributed by atoms with van der Waals surface area (Å²) in [7, 11) is 0. The van der Waals surface area contributed by atoms with Gasteiger partial charge in [-0.25, -0.2) is 0 Å². The molecule has 20 heavy (non-hydrogen) atoms. The molecule has 0 radical (unpaired) electrons. The zero-order valence-electron chi connectivity index (χ0n) is 12.0. The van der Waals surface area contributed by atoms with Gasteiger partial charge < -0.3 is 5.73 Å². The number of benzene rings is 1. The zero-order valence-corrected chi connectivity index (χ0v) is 12.8. The van der Waals surface area contributed by atoms with Crippen molar-refractivity contribution in [1.82, 2.24) is 0 Å². The van der Waals surface area contributed by atoms with Crippen molar-refractivity contribution >= 4 is 11.3 Å². The molecule has 0 fully saturated rings. The summed E-state index contributed by atoms with van der Waals surface area (Å²) >= 11 is 1.97. The quantitative estimate of drug-likeness (QED) is 0.813. The maximum absolute atomic E-state index is 6.40. The zero-order chi connectivity index (χ0) is 13.8. The third kappa shape index (κ3) is 3.31. The highest BCUT2D eigenvalue weighted by atomic mass is 32.1. The topological polar surface area (TPSA) is 26.0 Å². The molecular formula is C18H23NS. The molecule has 3 rings (SSSR count). The lowest BCUT2D eigenvalue weighted by molar-refractivity contribution is 0.660. The van der Waals surface area contributed by atoms with Gasteiger partial charge in [-0.2, -0.15) is 0 Å². The summed E-state index contributed by atoms with van der Waals surface area (Å²) in [5.41, 5.74) is 9.38. The van der Waals surface area contributed by atoms with Gasteiger partial charge in [-0.1, -0.05) is 36.8 Å². The summed E-state index contributed by atoms with van der Waals surface area (Å²) in [5, 5.41) is 0. The van der Waals surface area contributed by atoms with E-state index in [1.165, 1.54) is 42.5 Å². The molecule has 2 aromatic rings. The lowest BCUT2D eigenvalue weighted by atomic mass is 10.0. The van der Waals surface area contributed by atoms with E-state index in [0.717, 1.165) is 12.8 Å². The average molecular weight is 285 g/mol. The Bertz CT molecular complexity index is 520. The van der Waals surface area contributed by atoms with Crippen molar-refractivity contribution < 1.29 is 0 Å². The number of hydrogen-bond donors (Lipinski definition) is 1. The predicted octanol–water partition coefficient (Wildman–Crippen LogP) is 4.65. The van der Waals surface area contributed by atoms with E-state index in [1.54, 1.807) is 10.4 Å². The molecule has 0 spiro atoms. The number of fused-ring (bicyclic) bond motifs is 1. The molecule has 106 valence electrons. The van der Waals surface area contributed by atoms with Gasteiger partial charge in [-0.05, 0) is 55.7 Å². The number of nitrogens with two attached hydrogens (primary N) is 1. The van der Waals surface area contributed by atoms with Crippen LogP contribution in [0.1, 0.15) is 52.6 Å². The van der Waals surface area contributed by atoms with E-state index < -0.39 is 0 Å². The van der Waals surface area contributed by atoms with E-state index in [9.17, 15) is 0 Å². The molecule has 0 saturated heterocycles. The van der Waals surface area contributed by atoms with Crippen LogP contribution in [0.2, 0.25) is 0 Å². The van der Waals surface area contributed by atoms with Gasteiger partial charge in [-0.3, -0.25) is 0 Å². The molecule has 1 aliphatic rings. The Morgan fingerprint density at radius 2 is 1.85 bits per heavy atom. The minimum atomic E-state index is 0.201. The van der Waals surface area contributed by atoms with Gasteiger partial charge in [0.2, 0.25) is 0 Å². The molecule has 1 unspecified atom stereocenters. The Morgan fingerprint density at radius 3 is 2.70 bits per heavy atom. The van der Waals surface area contributed by atoms with Crippen molar-refractivity contribution in [2.45, 2.75) is 51.0 Å². The molecule has 1 aromatic heterocycles. The van der Waals surface area contributed by atoms with Gasteiger partial charge in [0, 0.05) is 15.8 Å². The molecule has 1 heterocycles. The molecule has 0 aliphatic heterocycles.